The average molecular weight is 516 g/mol. The van der Waals surface area contributed by atoms with Gasteiger partial charge in [-0.3, -0.25) is 4.72 Å². The second kappa shape index (κ2) is 11.9. The number of aliphatic imine (C=N–C) groups is 1. The Balaban J connectivity index is 0.00000392. The lowest BCUT2D eigenvalue weighted by atomic mass is 10.1. The summed E-state index contributed by atoms with van der Waals surface area (Å²) >= 11 is 0. The van der Waals surface area contributed by atoms with Gasteiger partial charge in [-0.25, -0.2) is 13.4 Å². The molecule has 154 valence electrons. The molecule has 0 aliphatic heterocycles. The maximum Gasteiger partial charge on any atom is 0.229 e. The van der Waals surface area contributed by atoms with Crippen molar-refractivity contribution in [2.45, 2.75) is 33.4 Å². The highest BCUT2D eigenvalue weighted by Gasteiger charge is 2.07. The molecule has 0 atom stereocenters. The molecule has 0 saturated heterocycles. The predicted octanol–water partition coefficient (Wildman–Crippen LogP) is 3.49. The zero-order chi connectivity index (χ0) is 19.7. The number of benzene rings is 2. The van der Waals surface area contributed by atoms with Gasteiger partial charge in [0.1, 0.15) is 0 Å². The summed E-state index contributed by atoms with van der Waals surface area (Å²) in [5.74, 6) is 0.692. The maximum atomic E-state index is 11.5. The van der Waals surface area contributed by atoms with Crippen molar-refractivity contribution in [3.63, 3.8) is 0 Å². The minimum Gasteiger partial charge on any atom is -0.357 e. The minimum absolute atomic E-state index is 0. The normalized spacial score (nSPS) is 11.5. The fraction of sp³-hybridized carbons (Fsp3) is 0.350. The van der Waals surface area contributed by atoms with E-state index >= 15 is 0 Å². The first-order chi connectivity index (χ1) is 12.9. The molecular formula is C20H29IN4O2S. The van der Waals surface area contributed by atoms with E-state index in [-0.39, 0.29) is 24.0 Å². The number of aryl methyl sites for hydroxylation is 1. The second-order valence-corrected chi connectivity index (χ2v) is 7.95. The van der Waals surface area contributed by atoms with Gasteiger partial charge in [-0.2, -0.15) is 0 Å². The molecule has 0 unspecified atom stereocenters. The number of rotatable bonds is 8. The van der Waals surface area contributed by atoms with Crippen LogP contribution in [0.4, 0.5) is 5.69 Å². The molecule has 6 nitrogen and oxygen atoms in total. The molecule has 2 rings (SSSR count). The quantitative estimate of drug-likeness (QED) is 0.285. The van der Waals surface area contributed by atoms with Gasteiger partial charge in [-0.1, -0.05) is 49.4 Å². The summed E-state index contributed by atoms with van der Waals surface area (Å²) in [4.78, 5) is 4.60. The zero-order valence-corrected chi connectivity index (χ0v) is 19.7. The van der Waals surface area contributed by atoms with Crippen molar-refractivity contribution < 1.29 is 8.42 Å². The lowest BCUT2D eigenvalue weighted by Crippen LogP contribution is -2.37. The molecule has 0 aliphatic carbocycles. The molecule has 0 radical (unpaired) electrons. The second-order valence-electron chi connectivity index (χ2n) is 6.20. The van der Waals surface area contributed by atoms with Crippen molar-refractivity contribution in [2.75, 3.05) is 17.5 Å². The topological polar surface area (TPSA) is 82.6 Å². The molecule has 0 spiro atoms. The molecule has 8 heteroatoms. The van der Waals surface area contributed by atoms with E-state index in [4.69, 9.17) is 0 Å². The van der Waals surface area contributed by atoms with Gasteiger partial charge in [-0.15, -0.1) is 24.0 Å². The lowest BCUT2D eigenvalue weighted by Gasteiger charge is -2.14. The van der Waals surface area contributed by atoms with Crippen LogP contribution in [0.15, 0.2) is 53.5 Å². The molecule has 0 bridgehead atoms. The number of guanidine groups is 1. The van der Waals surface area contributed by atoms with E-state index in [2.05, 4.69) is 39.4 Å². The van der Waals surface area contributed by atoms with Crippen LogP contribution in [0.2, 0.25) is 0 Å². The van der Waals surface area contributed by atoms with Gasteiger partial charge in [0.2, 0.25) is 10.0 Å². The fourth-order valence-corrected chi connectivity index (χ4v) is 3.32. The Morgan fingerprint density at radius 3 is 2.14 bits per heavy atom. The maximum absolute atomic E-state index is 11.5. The molecule has 0 amide bonds. The fourth-order valence-electron chi connectivity index (χ4n) is 2.72. The first-order valence-corrected chi connectivity index (χ1v) is 11.0. The zero-order valence-electron chi connectivity index (χ0n) is 16.5. The molecule has 28 heavy (non-hydrogen) atoms. The Hall–Kier alpha value is -1.81. The number of sulfonamides is 1. The van der Waals surface area contributed by atoms with Crippen LogP contribution in [0.1, 0.15) is 30.5 Å². The Morgan fingerprint density at radius 1 is 0.929 bits per heavy atom. The first-order valence-electron chi connectivity index (χ1n) is 9.07. The molecular weight excluding hydrogens is 487 g/mol. The Morgan fingerprint density at radius 2 is 1.54 bits per heavy atom. The van der Waals surface area contributed by atoms with Crippen molar-refractivity contribution in [1.82, 2.24) is 10.6 Å². The van der Waals surface area contributed by atoms with E-state index < -0.39 is 10.0 Å². The number of anilines is 1. The Bertz CT molecular complexity index is 885. The highest BCUT2D eigenvalue weighted by atomic mass is 127. The van der Waals surface area contributed by atoms with Crippen LogP contribution >= 0.6 is 24.0 Å². The van der Waals surface area contributed by atoms with Gasteiger partial charge in [0.15, 0.2) is 5.96 Å². The SMILES string of the molecule is CCNC(=NCc1ccccc1NS(C)(=O)=O)NCc1ccccc1CC.I. The number of nitrogens with one attached hydrogen (secondary N) is 3. The largest absolute Gasteiger partial charge is 0.357 e. The van der Waals surface area contributed by atoms with Crippen LogP contribution in [0.25, 0.3) is 0 Å². The molecule has 0 aliphatic rings. The van der Waals surface area contributed by atoms with Gasteiger partial charge < -0.3 is 10.6 Å². The highest BCUT2D eigenvalue weighted by molar-refractivity contribution is 14.0. The van der Waals surface area contributed by atoms with E-state index in [9.17, 15) is 8.42 Å². The molecule has 3 N–H and O–H groups in total. The van der Waals surface area contributed by atoms with E-state index in [1.165, 1.54) is 11.1 Å². The summed E-state index contributed by atoms with van der Waals surface area (Å²) in [7, 11) is -3.33. The third kappa shape index (κ3) is 8.05. The van der Waals surface area contributed by atoms with E-state index in [0.717, 1.165) is 24.8 Å². The van der Waals surface area contributed by atoms with Crippen LogP contribution in [-0.2, 0) is 29.5 Å². The third-order valence-electron chi connectivity index (χ3n) is 4.01. The van der Waals surface area contributed by atoms with Gasteiger partial charge in [-0.05, 0) is 36.1 Å². The number of hydrogen-bond donors (Lipinski definition) is 3. The molecule has 0 fully saturated rings. The van der Waals surface area contributed by atoms with Crippen LogP contribution in [-0.4, -0.2) is 27.2 Å². The van der Waals surface area contributed by atoms with E-state index in [0.29, 0.717) is 24.7 Å². The van der Waals surface area contributed by atoms with Crippen LogP contribution in [0.3, 0.4) is 0 Å². The Kier molecular flexibility index (Phi) is 10.3. The summed E-state index contributed by atoms with van der Waals surface area (Å²) in [6, 6.07) is 15.6. The van der Waals surface area contributed by atoms with E-state index in [1.54, 1.807) is 12.1 Å². The van der Waals surface area contributed by atoms with Crippen molar-refractivity contribution in [2.24, 2.45) is 4.99 Å². The lowest BCUT2D eigenvalue weighted by molar-refractivity contribution is 0.606. The highest BCUT2D eigenvalue weighted by Crippen LogP contribution is 2.17. The smallest absolute Gasteiger partial charge is 0.229 e. The summed E-state index contributed by atoms with van der Waals surface area (Å²) in [6.45, 7) is 5.94. The number of hydrogen-bond acceptors (Lipinski definition) is 3. The van der Waals surface area contributed by atoms with Gasteiger partial charge in [0.05, 0.1) is 18.5 Å². The Labute approximate surface area is 185 Å². The minimum atomic E-state index is -3.33. The van der Waals surface area contributed by atoms with E-state index in [1.807, 2.05) is 31.2 Å². The standard InChI is InChI=1S/C20H28N4O2S.HI/c1-4-16-10-6-7-11-17(16)14-22-20(21-5-2)23-15-18-12-8-9-13-19(18)24-27(3,25)26;/h6-13,24H,4-5,14-15H2,1-3H3,(H2,21,22,23);1H. The monoisotopic (exact) mass is 516 g/mol. The number of nitrogens with zero attached hydrogens (tertiary/aromatic N) is 1. The molecule has 0 saturated carbocycles. The number of halogens is 1. The van der Waals surface area contributed by atoms with Gasteiger partial charge >= 0.3 is 0 Å². The third-order valence-corrected chi connectivity index (χ3v) is 4.60. The van der Waals surface area contributed by atoms with Crippen molar-refractivity contribution >= 4 is 45.6 Å². The summed E-state index contributed by atoms with van der Waals surface area (Å²) in [5.41, 5.74) is 3.92. The summed E-state index contributed by atoms with van der Waals surface area (Å²) in [6.07, 6.45) is 2.12. The average Bonchev–Trinajstić information content (AvgIpc) is 2.64. The molecule has 2 aromatic rings. The summed E-state index contributed by atoms with van der Waals surface area (Å²) < 4.78 is 25.6. The molecule has 2 aromatic carbocycles. The van der Waals surface area contributed by atoms with Crippen LogP contribution < -0.4 is 15.4 Å². The van der Waals surface area contributed by atoms with Gasteiger partial charge in [0, 0.05) is 13.1 Å². The van der Waals surface area contributed by atoms with Crippen molar-refractivity contribution in [3.8, 4) is 0 Å². The van der Waals surface area contributed by atoms with Crippen molar-refractivity contribution in [1.29, 1.82) is 0 Å². The van der Waals surface area contributed by atoms with Gasteiger partial charge in [0.25, 0.3) is 0 Å². The molecule has 0 aromatic heterocycles. The molecule has 0 heterocycles. The van der Waals surface area contributed by atoms with Crippen LogP contribution in [0.5, 0.6) is 0 Å². The first kappa shape index (κ1) is 24.2. The predicted molar refractivity (Wildman–Crippen MR) is 128 cm³/mol. The summed E-state index contributed by atoms with van der Waals surface area (Å²) in [5, 5.41) is 6.58. The van der Waals surface area contributed by atoms with Crippen LogP contribution in [0, 0.1) is 0 Å². The van der Waals surface area contributed by atoms with Crippen molar-refractivity contribution in [3.05, 3.63) is 65.2 Å². The number of para-hydroxylation sites is 1.